The van der Waals surface area contributed by atoms with Crippen molar-refractivity contribution < 1.29 is 9.18 Å². The Kier molecular flexibility index (Phi) is 3.69. The lowest BCUT2D eigenvalue weighted by Crippen LogP contribution is -2.40. The van der Waals surface area contributed by atoms with E-state index in [1.165, 1.54) is 12.1 Å². The van der Waals surface area contributed by atoms with Crippen LogP contribution in [0.15, 0.2) is 18.2 Å². The zero-order valence-corrected chi connectivity index (χ0v) is 10.4. The Morgan fingerprint density at radius 2 is 2.11 bits per heavy atom. The normalized spacial score (nSPS) is 16.7. The summed E-state index contributed by atoms with van der Waals surface area (Å²) in [6.45, 7) is 3.63. The number of carbonyl (C=O) groups excluding carboxylic acids is 1. The molecule has 1 aliphatic rings. The number of halogens is 1. The minimum absolute atomic E-state index is 0.174. The van der Waals surface area contributed by atoms with Gasteiger partial charge in [-0.15, -0.1) is 0 Å². The van der Waals surface area contributed by atoms with Gasteiger partial charge in [0.25, 0.3) is 0 Å². The molecule has 0 aliphatic carbocycles. The van der Waals surface area contributed by atoms with E-state index in [1.807, 2.05) is 0 Å². The summed E-state index contributed by atoms with van der Waals surface area (Å²) >= 11 is 0. The van der Waals surface area contributed by atoms with Gasteiger partial charge in [-0.3, -0.25) is 0 Å². The number of nitrogen functional groups attached to an aromatic ring is 1. The number of rotatable bonds is 1. The molecule has 0 spiro atoms. The Bertz CT molecular complexity index is 442. The first kappa shape index (κ1) is 12.7. The number of nitrogens with zero attached hydrogens (tertiary/aromatic N) is 1. The standard InChI is InChI=1S/C13H18FN3O/c1-9-4-6-17(7-5-9)13(18)16-12-3-2-10(15)8-11(12)14/h2-3,8-9H,4-7,15H2,1H3,(H,16,18). The molecule has 1 fully saturated rings. The van der Waals surface area contributed by atoms with E-state index in [0.717, 1.165) is 25.9 Å². The maximum atomic E-state index is 13.5. The zero-order chi connectivity index (χ0) is 13.1. The topological polar surface area (TPSA) is 58.4 Å². The van der Waals surface area contributed by atoms with E-state index < -0.39 is 5.82 Å². The summed E-state index contributed by atoms with van der Waals surface area (Å²) in [6.07, 6.45) is 2.00. The average Bonchev–Trinajstić information content (AvgIpc) is 2.33. The van der Waals surface area contributed by atoms with Crippen LogP contribution in [0.3, 0.4) is 0 Å². The fraction of sp³-hybridized carbons (Fsp3) is 0.462. The molecule has 0 saturated carbocycles. The molecule has 1 saturated heterocycles. The molecule has 0 aromatic heterocycles. The number of nitrogens with two attached hydrogens (primary N) is 1. The molecule has 0 radical (unpaired) electrons. The number of benzene rings is 1. The van der Waals surface area contributed by atoms with E-state index in [0.29, 0.717) is 11.6 Å². The monoisotopic (exact) mass is 251 g/mol. The highest BCUT2D eigenvalue weighted by Crippen LogP contribution is 2.20. The molecule has 18 heavy (non-hydrogen) atoms. The van der Waals surface area contributed by atoms with Gasteiger partial charge in [0.05, 0.1) is 5.69 Å². The molecule has 1 aromatic rings. The van der Waals surface area contributed by atoms with E-state index in [-0.39, 0.29) is 11.7 Å². The quantitative estimate of drug-likeness (QED) is 0.754. The summed E-state index contributed by atoms with van der Waals surface area (Å²) in [7, 11) is 0. The first-order chi connectivity index (χ1) is 8.56. The molecule has 2 amide bonds. The third-order valence-electron chi connectivity index (χ3n) is 3.31. The van der Waals surface area contributed by atoms with Crippen molar-refractivity contribution in [3.8, 4) is 0 Å². The fourth-order valence-corrected chi connectivity index (χ4v) is 2.04. The summed E-state index contributed by atoms with van der Waals surface area (Å²) in [5.41, 5.74) is 5.97. The zero-order valence-electron chi connectivity index (χ0n) is 10.4. The number of urea groups is 1. The average molecular weight is 251 g/mol. The van der Waals surface area contributed by atoms with Gasteiger partial charge in [-0.05, 0) is 37.0 Å². The molecule has 0 unspecified atom stereocenters. The third-order valence-corrected chi connectivity index (χ3v) is 3.31. The highest BCUT2D eigenvalue weighted by molar-refractivity contribution is 5.89. The molecule has 5 heteroatoms. The van der Waals surface area contributed by atoms with Crippen LogP contribution < -0.4 is 11.1 Å². The van der Waals surface area contributed by atoms with Crippen molar-refractivity contribution in [2.24, 2.45) is 5.92 Å². The van der Waals surface area contributed by atoms with Crippen molar-refractivity contribution in [3.63, 3.8) is 0 Å². The molecule has 0 atom stereocenters. The van der Waals surface area contributed by atoms with Crippen molar-refractivity contribution in [2.75, 3.05) is 24.1 Å². The molecule has 2 rings (SSSR count). The number of carbonyl (C=O) groups is 1. The van der Waals surface area contributed by atoms with Crippen LogP contribution in [0.4, 0.5) is 20.6 Å². The first-order valence-corrected chi connectivity index (χ1v) is 6.17. The highest BCUT2D eigenvalue weighted by Gasteiger charge is 2.20. The van der Waals surface area contributed by atoms with Crippen LogP contribution in [0.25, 0.3) is 0 Å². The van der Waals surface area contributed by atoms with Crippen molar-refractivity contribution in [2.45, 2.75) is 19.8 Å². The van der Waals surface area contributed by atoms with Crippen LogP contribution in [0.5, 0.6) is 0 Å². The van der Waals surface area contributed by atoms with Crippen LogP contribution >= 0.6 is 0 Å². The van der Waals surface area contributed by atoms with E-state index in [9.17, 15) is 9.18 Å². The maximum Gasteiger partial charge on any atom is 0.321 e. The molecule has 98 valence electrons. The molecule has 1 aromatic carbocycles. The lowest BCUT2D eigenvalue weighted by molar-refractivity contribution is 0.186. The van der Waals surface area contributed by atoms with Gasteiger partial charge < -0.3 is 16.0 Å². The highest BCUT2D eigenvalue weighted by atomic mass is 19.1. The van der Waals surface area contributed by atoms with Gasteiger partial charge in [0.15, 0.2) is 0 Å². The summed E-state index contributed by atoms with van der Waals surface area (Å²) in [5.74, 6) is 0.149. The van der Waals surface area contributed by atoms with Gasteiger partial charge >= 0.3 is 6.03 Å². The molecule has 3 N–H and O–H groups in total. The molecular formula is C13H18FN3O. The van der Waals surface area contributed by atoms with Crippen molar-refractivity contribution >= 4 is 17.4 Å². The predicted octanol–water partition coefficient (Wildman–Crippen LogP) is 2.67. The van der Waals surface area contributed by atoms with Crippen molar-refractivity contribution in [1.82, 2.24) is 4.90 Å². The lowest BCUT2D eigenvalue weighted by atomic mass is 10.00. The SMILES string of the molecule is CC1CCN(C(=O)Nc2ccc(N)cc2F)CC1. The van der Waals surface area contributed by atoms with Crippen LogP contribution in [-0.2, 0) is 0 Å². The fourth-order valence-electron chi connectivity index (χ4n) is 2.04. The van der Waals surface area contributed by atoms with Gasteiger partial charge in [-0.2, -0.15) is 0 Å². The maximum absolute atomic E-state index is 13.5. The Morgan fingerprint density at radius 3 is 2.72 bits per heavy atom. The van der Waals surface area contributed by atoms with E-state index in [2.05, 4.69) is 12.2 Å². The molecule has 0 bridgehead atoms. The number of amides is 2. The molecular weight excluding hydrogens is 233 g/mol. The summed E-state index contributed by atoms with van der Waals surface area (Å²) in [5, 5.41) is 2.58. The van der Waals surface area contributed by atoms with Crippen LogP contribution in [0.1, 0.15) is 19.8 Å². The van der Waals surface area contributed by atoms with Crippen LogP contribution in [0, 0.1) is 11.7 Å². The van der Waals surface area contributed by atoms with Gasteiger partial charge in [0.2, 0.25) is 0 Å². The first-order valence-electron chi connectivity index (χ1n) is 6.17. The Hall–Kier alpha value is -1.78. The number of anilines is 2. The number of nitrogens with one attached hydrogen (secondary N) is 1. The number of piperidine rings is 1. The molecule has 4 nitrogen and oxygen atoms in total. The Labute approximate surface area is 106 Å². The third kappa shape index (κ3) is 2.91. The molecule has 1 aliphatic heterocycles. The van der Waals surface area contributed by atoms with Crippen molar-refractivity contribution in [1.29, 1.82) is 0 Å². The van der Waals surface area contributed by atoms with Gasteiger partial charge in [0.1, 0.15) is 5.82 Å². The summed E-state index contributed by atoms with van der Waals surface area (Å²) < 4.78 is 13.5. The minimum Gasteiger partial charge on any atom is -0.399 e. The largest absolute Gasteiger partial charge is 0.399 e. The smallest absolute Gasteiger partial charge is 0.321 e. The van der Waals surface area contributed by atoms with E-state index in [4.69, 9.17) is 5.73 Å². The number of hydrogen-bond donors (Lipinski definition) is 2. The second-order valence-electron chi connectivity index (χ2n) is 4.84. The summed E-state index contributed by atoms with van der Waals surface area (Å²) in [6, 6.07) is 4.01. The van der Waals surface area contributed by atoms with Gasteiger partial charge in [0, 0.05) is 18.8 Å². The second kappa shape index (κ2) is 5.25. The van der Waals surface area contributed by atoms with Gasteiger partial charge in [-0.25, -0.2) is 9.18 Å². The molecule has 1 heterocycles. The van der Waals surface area contributed by atoms with Crippen LogP contribution in [-0.4, -0.2) is 24.0 Å². The second-order valence-corrected chi connectivity index (χ2v) is 4.84. The number of hydrogen-bond acceptors (Lipinski definition) is 2. The Morgan fingerprint density at radius 1 is 1.44 bits per heavy atom. The van der Waals surface area contributed by atoms with Crippen molar-refractivity contribution in [3.05, 3.63) is 24.0 Å². The predicted molar refractivity (Wildman–Crippen MR) is 69.8 cm³/mol. The lowest BCUT2D eigenvalue weighted by Gasteiger charge is -2.30. The van der Waals surface area contributed by atoms with E-state index in [1.54, 1.807) is 11.0 Å². The van der Waals surface area contributed by atoms with E-state index >= 15 is 0 Å². The van der Waals surface area contributed by atoms with Gasteiger partial charge in [-0.1, -0.05) is 6.92 Å². The summed E-state index contributed by atoms with van der Waals surface area (Å²) in [4.78, 5) is 13.6. The Balaban J connectivity index is 1.98. The number of likely N-dealkylation sites (tertiary alicyclic amines) is 1. The minimum atomic E-state index is -0.506. The van der Waals surface area contributed by atoms with Crippen LogP contribution in [0.2, 0.25) is 0 Å².